The highest BCUT2D eigenvalue weighted by atomic mass is 32.1. The van der Waals surface area contributed by atoms with Crippen LogP contribution >= 0.6 is 11.3 Å². The fraction of sp³-hybridized carbons (Fsp3) is 0.412. The molecule has 1 amide bonds. The van der Waals surface area contributed by atoms with Crippen LogP contribution in [0.4, 0.5) is 0 Å². The second kappa shape index (κ2) is 7.51. The molecule has 0 radical (unpaired) electrons. The molecule has 2 atom stereocenters. The molecule has 0 saturated heterocycles. The van der Waals surface area contributed by atoms with Gasteiger partial charge in [0, 0.05) is 23.9 Å². The van der Waals surface area contributed by atoms with E-state index < -0.39 is 0 Å². The molecule has 0 fully saturated rings. The molecule has 1 aromatic carbocycles. The Kier molecular flexibility index (Phi) is 5.69. The molecule has 0 aliphatic heterocycles. The lowest BCUT2D eigenvalue weighted by atomic mass is 9.95. The van der Waals surface area contributed by atoms with Crippen LogP contribution in [-0.2, 0) is 11.2 Å². The molecule has 4 nitrogen and oxygen atoms in total. The van der Waals surface area contributed by atoms with Gasteiger partial charge in [0.1, 0.15) is 0 Å². The SMILES string of the molecule is Cc1nc(C)c(CCNC(=O)C(C)C(N)c2ccccc2)s1. The smallest absolute Gasteiger partial charge is 0.224 e. The van der Waals surface area contributed by atoms with Crippen LogP contribution < -0.4 is 11.1 Å². The van der Waals surface area contributed by atoms with Gasteiger partial charge in [0.2, 0.25) is 5.91 Å². The van der Waals surface area contributed by atoms with Gasteiger partial charge in [0.15, 0.2) is 0 Å². The summed E-state index contributed by atoms with van der Waals surface area (Å²) >= 11 is 1.69. The lowest BCUT2D eigenvalue weighted by molar-refractivity contribution is -0.125. The quantitative estimate of drug-likeness (QED) is 0.861. The molecular formula is C17H23N3OS. The zero-order chi connectivity index (χ0) is 16.1. The third-order valence-corrected chi connectivity index (χ3v) is 4.92. The average molecular weight is 317 g/mol. The van der Waals surface area contributed by atoms with Gasteiger partial charge >= 0.3 is 0 Å². The molecule has 0 spiro atoms. The average Bonchev–Trinajstić information content (AvgIpc) is 2.84. The van der Waals surface area contributed by atoms with Crippen molar-refractivity contribution in [3.63, 3.8) is 0 Å². The summed E-state index contributed by atoms with van der Waals surface area (Å²) in [5, 5.41) is 4.05. The Morgan fingerprint density at radius 3 is 2.59 bits per heavy atom. The maximum absolute atomic E-state index is 12.2. The van der Waals surface area contributed by atoms with Gasteiger partial charge in [-0.3, -0.25) is 4.79 Å². The summed E-state index contributed by atoms with van der Waals surface area (Å²) in [6, 6.07) is 9.45. The van der Waals surface area contributed by atoms with Gasteiger partial charge in [0.05, 0.1) is 16.6 Å². The molecule has 1 heterocycles. The second-order valence-electron chi connectivity index (χ2n) is 5.51. The number of thiazole rings is 1. The summed E-state index contributed by atoms with van der Waals surface area (Å²) < 4.78 is 0. The Labute approximate surface area is 135 Å². The Morgan fingerprint density at radius 1 is 1.32 bits per heavy atom. The number of rotatable bonds is 6. The second-order valence-corrected chi connectivity index (χ2v) is 6.80. The van der Waals surface area contributed by atoms with Crippen molar-refractivity contribution in [3.8, 4) is 0 Å². The Bertz CT molecular complexity index is 624. The summed E-state index contributed by atoms with van der Waals surface area (Å²) in [7, 11) is 0. The molecule has 3 N–H and O–H groups in total. The van der Waals surface area contributed by atoms with Crippen LogP contribution in [0, 0.1) is 19.8 Å². The van der Waals surface area contributed by atoms with Crippen LogP contribution in [0.3, 0.4) is 0 Å². The van der Waals surface area contributed by atoms with Crippen molar-refractivity contribution in [1.29, 1.82) is 0 Å². The fourth-order valence-corrected chi connectivity index (χ4v) is 3.33. The monoisotopic (exact) mass is 317 g/mol. The largest absolute Gasteiger partial charge is 0.355 e. The molecule has 22 heavy (non-hydrogen) atoms. The fourth-order valence-electron chi connectivity index (χ4n) is 2.39. The number of nitrogens with one attached hydrogen (secondary N) is 1. The molecule has 0 saturated carbocycles. The molecule has 5 heteroatoms. The van der Waals surface area contributed by atoms with Crippen molar-refractivity contribution in [3.05, 3.63) is 51.5 Å². The van der Waals surface area contributed by atoms with E-state index in [4.69, 9.17) is 5.73 Å². The normalized spacial score (nSPS) is 13.6. The van der Waals surface area contributed by atoms with Crippen molar-refractivity contribution in [2.75, 3.05) is 6.54 Å². The molecular weight excluding hydrogens is 294 g/mol. The minimum absolute atomic E-state index is 0.00440. The minimum atomic E-state index is -0.284. The Morgan fingerprint density at radius 2 is 2.00 bits per heavy atom. The number of carbonyl (C=O) groups is 1. The van der Waals surface area contributed by atoms with E-state index in [0.29, 0.717) is 6.54 Å². The molecule has 2 unspecified atom stereocenters. The van der Waals surface area contributed by atoms with Crippen LogP contribution in [0.2, 0.25) is 0 Å². The van der Waals surface area contributed by atoms with E-state index in [1.54, 1.807) is 11.3 Å². The van der Waals surface area contributed by atoms with Crippen molar-refractivity contribution in [2.24, 2.45) is 11.7 Å². The Hall–Kier alpha value is -1.72. The first-order chi connectivity index (χ1) is 10.5. The molecule has 0 aliphatic rings. The summed E-state index contributed by atoms with van der Waals surface area (Å²) in [5.74, 6) is -0.262. The summed E-state index contributed by atoms with van der Waals surface area (Å²) in [5.41, 5.74) is 8.23. The van der Waals surface area contributed by atoms with Gasteiger partial charge in [-0.2, -0.15) is 0 Å². The van der Waals surface area contributed by atoms with Gasteiger partial charge in [-0.25, -0.2) is 4.98 Å². The highest BCUT2D eigenvalue weighted by Crippen LogP contribution is 2.20. The van der Waals surface area contributed by atoms with E-state index in [2.05, 4.69) is 10.3 Å². The number of carbonyl (C=O) groups excluding carboxylic acids is 1. The van der Waals surface area contributed by atoms with Crippen LogP contribution in [0.5, 0.6) is 0 Å². The van der Waals surface area contributed by atoms with Gasteiger partial charge < -0.3 is 11.1 Å². The maximum Gasteiger partial charge on any atom is 0.224 e. The summed E-state index contributed by atoms with van der Waals surface area (Å²) in [6.45, 7) is 6.50. The number of hydrogen-bond donors (Lipinski definition) is 2. The van der Waals surface area contributed by atoms with Crippen molar-refractivity contribution in [1.82, 2.24) is 10.3 Å². The van der Waals surface area contributed by atoms with Crippen LogP contribution in [0.1, 0.15) is 34.1 Å². The summed E-state index contributed by atoms with van der Waals surface area (Å²) in [6.07, 6.45) is 0.816. The Balaban J connectivity index is 1.85. The predicted octanol–water partition coefficient (Wildman–Crippen LogP) is 2.75. The molecule has 0 aliphatic carbocycles. The minimum Gasteiger partial charge on any atom is -0.355 e. The van der Waals surface area contributed by atoms with Gasteiger partial charge in [-0.05, 0) is 19.4 Å². The number of nitrogens with two attached hydrogens (primary N) is 1. The first-order valence-electron chi connectivity index (χ1n) is 7.50. The zero-order valence-electron chi connectivity index (χ0n) is 13.3. The number of benzene rings is 1. The molecule has 2 rings (SSSR count). The zero-order valence-corrected chi connectivity index (χ0v) is 14.1. The van der Waals surface area contributed by atoms with Gasteiger partial charge in [0.25, 0.3) is 0 Å². The predicted molar refractivity (Wildman–Crippen MR) is 90.8 cm³/mol. The van der Waals surface area contributed by atoms with Crippen molar-refractivity contribution >= 4 is 17.2 Å². The number of nitrogens with zero attached hydrogens (tertiary/aromatic N) is 1. The van der Waals surface area contributed by atoms with E-state index in [9.17, 15) is 4.79 Å². The van der Waals surface area contributed by atoms with Crippen molar-refractivity contribution in [2.45, 2.75) is 33.2 Å². The molecule has 1 aromatic heterocycles. The third-order valence-electron chi connectivity index (χ3n) is 3.79. The first-order valence-corrected chi connectivity index (χ1v) is 8.32. The van der Waals surface area contributed by atoms with Crippen LogP contribution in [-0.4, -0.2) is 17.4 Å². The van der Waals surface area contributed by atoms with E-state index in [0.717, 1.165) is 22.7 Å². The molecule has 118 valence electrons. The van der Waals surface area contributed by atoms with E-state index >= 15 is 0 Å². The van der Waals surface area contributed by atoms with E-state index in [1.165, 1.54) is 4.88 Å². The lowest BCUT2D eigenvalue weighted by Crippen LogP contribution is -2.36. The lowest BCUT2D eigenvalue weighted by Gasteiger charge is -2.19. The molecule has 2 aromatic rings. The summed E-state index contributed by atoms with van der Waals surface area (Å²) in [4.78, 5) is 17.9. The van der Waals surface area contributed by atoms with Crippen molar-refractivity contribution < 1.29 is 4.79 Å². The number of hydrogen-bond acceptors (Lipinski definition) is 4. The standard InChI is InChI=1S/C17H23N3OS/c1-11(16(18)14-7-5-4-6-8-14)17(21)19-10-9-15-12(2)20-13(3)22-15/h4-8,11,16H,9-10,18H2,1-3H3,(H,19,21). The van der Waals surface area contributed by atoms with Crippen LogP contribution in [0.15, 0.2) is 30.3 Å². The maximum atomic E-state index is 12.2. The van der Waals surface area contributed by atoms with E-state index in [1.807, 2.05) is 51.1 Å². The molecule has 0 bridgehead atoms. The number of aryl methyl sites for hydroxylation is 2. The first kappa shape index (κ1) is 16.6. The van der Waals surface area contributed by atoms with Gasteiger partial charge in [-0.1, -0.05) is 37.3 Å². The number of amides is 1. The van der Waals surface area contributed by atoms with Crippen LogP contribution in [0.25, 0.3) is 0 Å². The highest BCUT2D eigenvalue weighted by Gasteiger charge is 2.21. The third kappa shape index (κ3) is 4.15. The van der Waals surface area contributed by atoms with E-state index in [-0.39, 0.29) is 17.9 Å². The number of aromatic nitrogens is 1. The highest BCUT2D eigenvalue weighted by molar-refractivity contribution is 7.11. The topological polar surface area (TPSA) is 68.0 Å². The van der Waals surface area contributed by atoms with Gasteiger partial charge in [-0.15, -0.1) is 11.3 Å².